The van der Waals surface area contributed by atoms with Gasteiger partial charge in [0.05, 0.1) is 18.0 Å². The van der Waals surface area contributed by atoms with E-state index in [1.165, 1.54) is 18.5 Å². The van der Waals surface area contributed by atoms with E-state index in [2.05, 4.69) is 22.3 Å². The molecule has 1 N–H and O–H groups in total. The molecule has 3 rings (SSSR count). The molecule has 1 unspecified atom stereocenters. The van der Waals surface area contributed by atoms with Crippen LogP contribution in [0.3, 0.4) is 0 Å². The molecular formula is C23H31N3O3S. The van der Waals surface area contributed by atoms with Gasteiger partial charge in [0.25, 0.3) is 0 Å². The molecule has 7 heteroatoms. The molecule has 1 saturated heterocycles. The zero-order chi connectivity index (χ0) is 21.9. The summed E-state index contributed by atoms with van der Waals surface area (Å²) in [6, 6.07) is 13.4. The van der Waals surface area contributed by atoms with Gasteiger partial charge in [-0.25, -0.2) is 8.42 Å². The molecule has 1 atom stereocenters. The number of carbonyl (C=O) groups excluding carboxylic acids is 1. The van der Waals surface area contributed by atoms with Crippen LogP contribution in [0.1, 0.15) is 42.5 Å². The highest BCUT2D eigenvalue weighted by Gasteiger charge is 2.22. The quantitative estimate of drug-likeness (QED) is 0.731. The first-order valence-corrected chi connectivity index (χ1v) is 12.2. The van der Waals surface area contributed by atoms with E-state index in [4.69, 9.17) is 0 Å². The number of aryl methyl sites for hydroxylation is 2. The minimum atomic E-state index is -3.59. The third kappa shape index (κ3) is 5.33. The summed E-state index contributed by atoms with van der Waals surface area (Å²) in [5.41, 5.74) is 4.74. The third-order valence-electron chi connectivity index (χ3n) is 5.71. The van der Waals surface area contributed by atoms with Gasteiger partial charge in [-0.15, -0.1) is 0 Å². The Bertz CT molecular complexity index is 997. The predicted molar refractivity (Wildman–Crippen MR) is 123 cm³/mol. The highest BCUT2D eigenvalue weighted by molar-refractivity contribution is 7.92. The molecule has 1 amide bonds. The Morgan fingerprint density at radius 3 is 2.27 bits per heavy atom. The van der Waals surface area contributed by atoms with E-state index in [0.29, 0.717) is 5.69 Å². The topological polar surface area (TPSA) is 69.7 Å². The lowest BCUT2D eigenvalue weighted by Gasteiger charge is -2.24. The molecule has 1 aliphatic heterocycles. The molecular weight excluding hydrogens is 398 g/mol. The molecule has 0 radical (unpaired) electrons. The summed E-state index contributed by atoms with van der Waals surface area (Å²) in [7, 11) is -3.59. The number of nitrogens with zero attached hydrogens (tertiary/aromatic N) is 2. The average molecular weight is 430 g/mol. The molecule has 0 saturated carbocycles. The lowest BCUT2D eigenvalue weighted by molar-refractivity contribution is -0.120. The summed E-state index contributed by atoms with van der Waals surface area (Å²) in [6.07, 6.45) is 3.58. The van der Waals surface area contributed by atoms with Crippen LogP contribution in [-0.2, 0) is 14.8 Å². The monoisotopic (exact) mass is 429 g/mol. The number of rotatable bonds is 7. The Balaban J connectivity index is 1.68. The van der Waals surface area contributed by atoms with Gasteiger partial charge in [-0.1, -0.05) is 18.2 Å². The maximum Gasteiger partial charge on any atom is 0.241 e. The molecule has 0 spiro atoms. The van der Waals surface area contributed by atoms with Crippen LogP contribution in [0.25, 0.3) is 0 Å². The van der Waals surface area contributed by atoms with Crippen molar-refractivity contribution >= 4 is 27.3 Å². The number of anilines is 2. The van der Waals surface area contributed by atoms with Crippen LogP contribution in [0.2, 0.25) is 0 Å². The van der Waals surface area contributed by atoms with E-state index in [1.807, 2.05) is 39.0 Å². The second-order valence-corrected chi connectivity index (χ2v) is 10.0. The van der Waals surface area contributed by atoms with Crippen LogP contribution in [0.15, 0.2) is 42.5 Å². The number of hydrogen-bond acceptors (Lipinski definition) is 4. The van der Waals surface area contributed by atoms with Crippen LogP contribution in [0.5, 0.6) is 0 Å². The van der Waals surface area contributed by atoms with Gasteiger partial charge in [-0.2, -0.15) is 0 Å². The second-order valence-electron chi connectivity index (χ2n) is 8.11. The minimum absolute atomic E-state index is 0.216. The highest BCUT2D eigenvalue weighted by Crippen LogP contribution is 2.24. The van der Waals surface area contributed by atoms with Gasteiger partial charge in [-0.3, -0.25) is 9.10 Å². The summed E-state index contributed by atoms with van der Waals surface area (Å²) < 4.78 is 25.8. The molecule has 1 heterocycles. The number of hydrogen-bond donors (Lipinski definition) is 1. The molecule has 0 aromatic heterocycles. The first-order valence-electron chi connectivity index (χ1n) is 10.3. The minimum Gasteiger partial charge on any atom is -0.372 e. The molecule has 1 aliphatic rings. The van der Waals surface area contributed by atoms with E-state index < -0.39 is 10.0 Å². The first kappa shape index (κ1) is 22.2. The van der Waals surface area contributed by atoms with Crippen molar-refractivity contribution in [1.29, 1.82) is 0 Å². The first-order chi connectivity index (χ1) is 14.1. The van der Waals surface area contributed by atoms with E-state index >= 15 is 0 Å². The van der Waals surface area contributed by atoms with Gasteiger partial charge in [0.2, 0.25) is 15.9 Å². The van der Waals surface area contributed by atoms with Crippen LogP contribution >= 0.6 is 0 Å². The van der Waals surface area contributed by atoms with E-state index in [0.717, 1.165) is 40.3 Å². The number of benzene rings is 2. The summed E-state index contributed by atoms with van der Waals surface area (Å²) >= 11 is 0. The maximum atomic E-state index is 12.7. The highest BCUT2D eigenvalue weighted by atomic mass is 32.2. The Kier molecular flexibility index (Phi) is 6.71. The summed E-state index contributed by atoms with van der Waals surface area (Å²) in [5, 5.41) is 2.92. The number of carbonyl (C=O) groups is 1. The zero-order valence-corrected chi connectivity index (χ0v) is 19.0. The lowest BCUT2D eigenvalue weighted by Crippen LogP contribution is -2.41. The molecule has 162 valence electrons. The summed E-state index contributed by atoms with van der Waals surface area (Å²) in [5.74, 6) is -0.338. The fourth-order valence-electron chi connectivity index (χ4n) is 3.73. The Labute approximate surface area is 179 Å². The van der Waals surface area contributed by atoms with Crippen LogP contribution in [0.4, 0.5) is 11.4 Å². The fourth-order valence-corrected chi connectivity index (χ4v) is 4.58. The van der Waals surface area contributed by atoms with E-state index in [1.54, 1.807) is 12.1 Å². The Morgan fingerprint density at radius 1 is 1.07 bits per heavy atom. The largest absolute Gasteiger partial charge is 0.372 e. The van der Waals surface area contributed by atoms with Gasteiger partial charge in [0.1, 0.15) is 6.54 Å². The van der Waals surface area contributed by atoms with E-state index in [9.17, 15) is 13.2 Å². The molecule has 0 bridgehead atoms. The van der Waals surface area contributed by atoms with Gasteiger partial charge >= 0.3 is 0 Å². The number of sulfonamides is 1. The normalized spacial score (nSPS) is 15.1. The van der Waals surface area contributed by atoms with Crippen molar-refractivity contribution in [3.05, 3.63) is 59.2 Å². The van der Waals surface area contributed by atoms with Gasteiger partial charge < -0.3 is 10.2 Å². The van der Waals surface area contributed by atoms with Gasteiger partial charge in [0, 0.05) is 18.8 Å². The van der Waals surface area contributed by atoms with Crippen molar-refractivity contribution in [1.82, 2.24) is 5.32 Å². The molecule has 6 nitrogen and oxygen atoms in total. The zero-order valence-electron chi connectivity index (χ0n) is 18.2. The SMILES string of the molecule is Cc1ccc(N(CC(=O)NC(C)c2ccc(N3CCCC3)cc2)S(C)(=O)=O)cc1C. The smallest absolute Gasteiger partial charge is 0.241 e. The molecule has 1 fully saturated rings. The van der Waals surface area contributed by atoms with Crippen molar-refractivity contribution in [3.63, 3.8) is 0 Å². The van der Waals surface area contributed by atoms with Crippen molar-refractivity contribution in [3.8, 4) is 0 Å². The van der Waals surface area contributed by atoms with Crippen LogP contribution < -0.4 is 14.5 Å². The van der Waals surface area contributed by atoms with Crippen molar-refractivity contribution in [2.45, 2.75) is 39.7 Å². The standard InChI is InChI=1S/C23H31N3O3S/c1-17-7-10-22(15-18(17)2)26(30(4,28)29)16-23(27)24-19(3)20-8-11-21(12-9-20)25-13-5-6-14-25/h7-12,15,19H,5-6,13-14,16H2,1-4H3,(H,24,27). The summed E-state index contributed by atoms with van der Waals surface area (Å²) in [4.78, 5) is 15.0. The number of nitrogens with one attached hydrogen (secondary N) is 1. The molecule has 2 aromatic carbocycles. The Hall–Kier alpha value is -2.54. The summed E-state index contributed by atoms with van der Waals surface area (Å²) in [6.45, 7) is 7.72. The second kappa shape index (κ2) is 9.08. The van der Waals surface area contributed by atoms with Gasteiger partial charge in [0.15, 0.2) is 0 Å². The fraction of sp³-hybridized carbons (Fsp3) is 0.435. The van der Waals surface area contributed by atoms with Gasteiger partial charge in [-0.05, 0) is 74.6 Å². The van der Waals surface area contributed by atoms with Crippen molar-refractivity contribution in [2.75, 3.05) is 35.1 Å². The molecule has 0 aliphatic carbocycles. The maximum absolute atomic E-state index is 12.7. The number of amides is 1. The molecule has 30 heavy (non-hydrogen) atoms. The lowest BCUT2D eigenvalue weighted by atomic mass is 10.1. The Morgan fingerprint density at radius 2 is 1.70 bits per heavy atom. The van der Waals surface area contributed by atoms with Crippen molar-refractivity contribution in [2.24, 2.45) is 0 Å². The van der Waals surface area contributed by atoms with Crippen LogP contribution in [0, 0.1) is 13.8 Å². The van der Waals surface area contributed by atoms with E-state index in [-0.39, 0.29) is 18.5 Å². The molecule has 2 aromatic rings. The van der Waals surface area contributed by atoms with Crippen LogP contribution in [-0.4, -0.2) is 40.2 Å². The third-order valence-corrected chi connectivity index (χ3v) is 6.85. The average Bonchev–Trinajstić information content (AvgIpc) is 3.22. The predicted octanol–water partition coefficient (Wildman–Crippen LogP) is 3.55. The van der Waals surface area contributed by atoms with Crippen molar-refractivity contribution < 1.29 is 13.2 Å².